The van der Waals surface area contributed by atoms with Gasteiger partial charge in [-0.15, -0.1) is 0 Å². The minimum Gasteiger partial charge on any atom is -0.490 e. The van der Waals surface area contributed by atoms with Gasteiger partial charge in [-0.05, 0) is 25.1 Å². The number of aromatic amines is 1. The fourth-order valence-corrected chi connectivity index (χ4v) is 2.49. The van der Waals surface area contributed by atoms with Gasteiger partial charge in [-0.3, -0.25) is 5.10 Å². The van der Waals surface area contributed by atoms with E-state index in [4.69, 9.17) is 9.47 Å². The van der Waals surface area contributed by atoms with E-state index in [1.807, 2.05) is 37.3 Å². The summed E-state index contributed by atoms with van der Waals surface area (Å²) in [6.07, 6.45) is 1.07. The van der Waals surface area contributed by atoms with E-state index in [2.05, 4.69) is 20.5 Å². The third kappa shape index (κ3) is 4.68. The van der Waals surface area contributed by atoms with Crippen LogP contribution < -0.4 is 14.8 Å². The quantitative estimate of drug-likeness (QED) is 0.512. The van der Waals surface area contributed by atoms with E-state index in [1.54, 1.807) is 12.3 Å². The van der Waals surface area contributed by atoms with Crippen molar-refractivity contribution in [2.24, 2.45) is 0 Å². The predicted molar refractivity (Wildman–Crippen MR) is 94.9 cm³/mol. The highest BCUT2D eigenvalue weighted by Crippen LogP contribution is 2.26. The Balaban J connectivity index is 1.38. The molecule has 0 saturated carbocycles. The lowest BCUT2D eigenvalue weighted by molar-refractivity contribution is 0.106. The van der Waals surface area contributed by atoms with Gasteiger partial charge in [0, 0.05) is 25.4 Å². The largest absolute Gasteiger partial charge is 0.490 e. The van der Waals surface area contributed by atoms with Gasteiger partial charge in [0.25, 0.3) is 0 Å². The summed E-state index contributed by atoms with van der Waals surface area (Å²) in [7, 11) is 0. The molecule has 0 amide bonds. The SMILES string of the molecule is Cc1n[nH]c2cccc(OC[C@@H](O)CNCCOc3ccccn3)c12. The molecular formula is C18H22N4O3. The van der Waals surface area contributed by atoms with E-state index >= 15 is 0 Å². The Labute approximate surface area is 146 Å². The number of rotatable bonds is 9. The predicted octanol–water partition coefficient (Wildman–Crippen LogP) is 1.67. The molecule has 0 aliphatic rings. The standard InChI is InChI=1S/C18H22N4O3/c1-13-18-15(22-21-13)5-4-6-16(18)25-12-14(23)11-19-9-10-24-17-7-2-3-8-20-17/h2-8,14,19,23H,9-12H2,1H3,(H,21,22)/t14-/m0/s1. The van der Waals surface area contributed by atoms with Crippen LogP contribution in [0.3, 0.4) is 0 Å². The highest BCUT2D eigenvalue weighted by molar-refractivity contribution is 5.87. The summed E-state index contributed by atoms with van der Waals surface area (Å²) >= 11 is 0. The first-order valence-corrected chi connectivity index (χ1v) is 8.23. The van der Waals surface area contributed by atoms with Gasteiger partial charge in [-0.25, -0.2) is 4.98 Å². The van der Waals surface area contributed by atoms with Crippen LogP contribution in [0.5, 0.6) is 11.6 Å². The normalized spacial score (nSPS) is 12.2. The monoisotopic (exact) mass is 342 g/mol. The molecule has 7 heteroatoms. The highest BCUT2D eigenvalue weighted by atomic mass is 16.5. The molecule has 0 fully saturated rings. The van der Waals surface area contributed by atoms with Gasteiger partial charge in [0.05, 0.1) is 16.6 Å². The average molecular weight is 342 g/mol. The summed E-state index contributed by atoms with van der Waals surface area (Å²) < 4.78 is 11.2. The number of hydrogen-bond acceptors (Lipinski definition) is 6. The number of fused-ring (bicyclic) bond motifs is 1. The maximum absolute atomic E-state index is 10.1. The Morgan fingerprint density at radius 1 is 1.20 bits per heavy atom. The highest BCUT2D eigenvalue weighted by Gasteiger charge is 2.10. The Kier molecular flexibility index (Phi) is 5.81. The van der Waals surface area contributed by atoms with Crippen LogP contribution in [0.1, 0.15) is 5.69 Å². The molecule has 0 saturated heterocycles. The first-order chi connectivity index (χ1) is 12.2. The number of aliphatic hydroxyl groups excluding tert-OH is 1. The Bertz CT molecular complexity index is 791. The van der Waals surface area contributed by atoms with Crippen LogP contribution in [0.4, 0.5) is 0 Å². The molecule has 3 aromatic rings. The zero-order valence-electron chi connectivity index (χ0n) is 14.1. The van der Waals surface area contributed by atoms with E-state index in [-0.39, 0.29) is 6.61 Å². The topological polar surface area (TPSA) is 92.3 Å². The van der Waals surface area contributed by atoms with Gasteiger partial charge in [0.2, 0.25) is 5.88 Å². The minimum atomic E-state index is -0.614. The van der Waals surface area contributed by atoms with Gasteiger partial charge in [-0.1, -0.05) is 12.1 Å². The first kappa shape index (κ1) is 17.2. The zero-order chi connectivity index (χ0) is 17.5. The van der Waals surface area contributed by atoms with Crippen LogP contribution in [0, 0.1) is 6.92 Å². The molecule has 0 radical (unpaired) electrons. The number of ether oxygens (including phenoxy) is 2. The second-order valence-electron chi connectivity index (χ2n) is 5.67. The fraction of sp³-hybridized carbons (Fsp3) is 0.333. The Morgan fingerprint density at radius 3 is 2.96 bits per heavy atom. The van der Waals surface area contributed by atoms with Gasteiger partial charge in [0.15, 0.2) is 0 Å². The summed E-state index contributed by atoms with van der Waals surface area (Å²) in [5, 5.41) is 21.3. The van der Waals surface area contributed by atoms with Crippen LogP contribution in [-0.4, -0.2) is 52.7 Å². The van der Waals surface area contributed by atoms with E-state index < -0.39 is 6.10 Å². The molecule has 0 unspecified atom stereocenters. The number of nitrogens with one attached hydrogen (secondary N) is 2. The molecule has 132 valence electrons. The summed E-state index contributed by atoms with van der Waals surface area (Å²) in [5.41, 5.74) is 1.80. The molecular weight excluding hydrogens is 320 g/mol. The second kappa shape index (κ2) is 8.46. The second-order valence-corrected chi connectivity index (χ2v) is 5.67. The number of pyridine rings is 1. The molecule has 25 heavy (non-hydrogen) atoms. The van der Waals surface area contributed by atoms with Crippen LogP contribution in [-0.2, 0) is 0 Å². The average Bonchev–Trinajstić information content (AvgIpc) is 3.02. The first-order valence-electron chi connectivity index (χ1n) is 8.23. The lowest BCUT2D eigenvalue weighted by Gasteiger charge is -2.14. The van der Waals surface area contributed by atoms with E-state index in [9.17, 15) is 5.11 Å². The molecule has 0 spiro atoms. The number of aryl methyl sites for hydroxylation is 1. The molecule has 7 nitrogen and oxygen atoms in total. The van der Waals surface area contributed by atoms with Crippen molar-refractivity contribution in [3.8, 4) is 11.6 Å². The third-order valence-electron chi connectivity index (χ3n) is 3.71. The number of hydrogen-bond donors (Lipinski definition) is 3. The number of nitrogens with zero attached hydrogens (tertiary/aromatic N) is 2. The molecule has 2 heterocycles. The van der Waals surface area contributed by atoms with Gasteiger partial charge in [-0.2, -0.15) is 5.10 Å². The summed E-state index contributed by atoms with van der Waals surface area (Å²) in [5.74, 6) is 1.32. The van der Waals surface area contributed by atoms with E-state index in [0.717, 1.165) is 22.3 Å². The lowest BCUT2D eigenvalue weighted by Crippen LogP contribution is -2.33. The third-order valence-corrected chi connectivity index (χ3v) is 3.71. The summed E-state index contributed by atoms with van der Waals surface area (Å²) in [6.45, 7) is 3.65. The van der Waals surface area contributed by atoms with Gasteiger partial charge < -0.3 is 19.9 Å². The van der Waals surface area contributed by atoms with Gasteiger partial charge >= 0.3 is 0 Å². The summed E-state index contributed by atoms with van der Waals surface area (Å²) in [4.78, 5) is 4.07. The molecule has 3 rings (SSSR count). The molecule has 0 bridgehead atoms. The van der Waals surface area contributed by atoms with Gasteiger partial charge in [0.1, 0.15) is 25.1 Å². The van der Waals surface area contributed by atoms with Crippen molar-refractivity contribution >= 4 is 10.9 Å². The van der Waals surface area contributed by atoms with Crippen LogP contribution >= 0.6 is 0 Å². The van der Waals surface area contributed by atoms with Crippen molar-refractivity contribution < 1.29 is 14.6 Å². The number of aromatic nitrogens is 3. The number of benzene rings is 1. The molecule has 0 aliphatic carbocycles. The van der Waals surface area contributed by atoms with Crippen molar-refractivity contribution in [2.75, 3.05) is 26.3 Å². The van der Waals surface area contributed by atoms with E-state index in [0.29, 0.717) is 25.6 Å². The van der Waals surface area contributed by atoms with Crippen molar-refractivity contribution in [3.63, 3.8) is 0 Å². The summed E-state index contributed by atoms with van der Waals surface area (Å²) in [6, 6.07) is 11.2. The van der Waals surface area contributed by atoms with Crippen LogP contribution in [0.15, 0.2) is 42.6 Å². The zero-order valence-corrected chi connectivity index (χ0v) is 14.1. The molecule has 2 aromatic heterocycles. The Hall–Kier alpha value is -2.64. The van der Waals surface area contributed by atoms with Crippen LogP contribution in [0.25, 0.3) is 10.9 Å². The van der Waals surface area contributed by atoms with Crippen molar-refractivity contribution in [1.29, 1.82) is 0 Å². The number of H-pyrrole nitrogens is 1. The minimum absolute atomic E-state index is 0.206. The molecule has 1 atom stereocenters. The molecule has 0 aliphatic heterocycles. The lowest BCUT2D eigenvalue weighted by atomic mass is 10.2. The smallest absolute Gasteiger partial charge is 0.213 e. The van der Waals surface area contributed by atoms with Crippen molar-refractivity contribution in [2.45, 2.75) is 13.0 Å². The van der Waals surface area contributed by atoms with Crippen molar-refractivity contribution in [1.82, 2.24) is 20.5 Å². The maximum Gasteiger partial charge on any atom is 0.213 e. The van der Waals surface area contributed by atoms with E-state index in [1.165, 1.54) is 0 Å². The molecule has 3 N–H and O–H groups in total. The maximum atomic E-state index is 10.1. The van der Waals surface area contributed by atoms with Crippen LogP contribution in [0.2, 0.25) is 0 Å². The number of aliphatic hydroxyl groups is 1. The molecule has 1 aromatic carbocycles. The Morgan fingerprint density at radius 2 is 2.12 bits per heavy atom. The fourth-order valence-electron chi connectivity index (χ4n) is 2.49. The van der Waals surface area contributed by atoms with Crippen molar-refractivity contribution in [3.05, 3.63) is 48.3 Å².